The molecule has 1 aromatic rings. The highest BCUT2D eigenvalue weighted by atomic mass is 16.3. The van der Waals surface area contributed by atoms with Crippen LogP contribution in [0.25, 0.3) is 6.08 Å². The second-order valence-electron chi connectivity index (χ2n) is 2.81. The Morgan fingerprint density at radius 2 is 2.47 bits per heavy atom. The summed E-state index contributed by atoms with van der Waals surface area (Å²) in [6.45, 7) is 1.69. The van der Waals surface area contributed by atoms with E-state index >= 15 is 0 Å². The predicted octanol–water partition coefficient (Wildman–Crippen LogP) is -0.375. The fraction of sp³-hybridized carbons (Fsp3) is 0.222. The van der Waals surface area contributed by atoms with Crippen molar-refractivity contribution < 1.29 is 9.90 Å². The lowest BCUT2D eigenvalue weighted by Crippen LogP contribution is -2.19. The average molecular weight is 209 g/mol. The normalized spacial score (nSPS) is 10.5. The lowest BCUT2D eigenvalue weighted by atomic mass is 10.3. The summed E-state index contributed by atoms with van der Waals surface area (Å²) in [5.74, 6) is -0.498. The van der Waals surface area contributed by atoms with Gasteiger partial charge >= 0.3 is 0 Å². The van der Waals surface area contributed by atoms with Crippen molar-refractivity contribution in [1.82, 2.24) is 15.3 Å². The molecule has 0 fully saturated rings. The van der Waals surface area contributed by atoms with Crippen LogP contribution in [-0.4, -0.2) is 27.5 Å². The molecule has 1 aromatic heterocycles. The molecule has 1 rings (SSSR count). The van der Waals surface area contributed by atoms with Gasteiger partial charge in [-0.05, 0) is 6.08 Å². The van der Waals surface area contributed by atoms with Gasteiger partial charge in [-0.3, -0.25) is 9.59 Å². The van der Waals surface area contributed by atoms with E-state index in [4.69, 9.17) is 0 Å². The predicted molar refractivity (Wildman–Crippen MR) is 54.2 cm³/mol. The number of rotatable bonds is 3. The Balaban J connectivity index is 2.72. The van der Waals surface area contributed by atoms with Crippen LogP contribution in [0.1, 0.15) is 12.5 Å². The van der Waals surface area contributed by atoms with Crippen molar-refractivity contribution in [3.63, 3.8) is 0 Å². The first kappa shape index (κ1) is 11.0. The topological polar surface area (TPSA) is 95.1 Å². The van der Waals surface area contributed by atoms with Gasteiger partial charge < -0.3 is 15.4 Å². The van der Waals surface area contributed by atoms with E-state index in [1.54, 1.807) is 6.08 Å². The van der Waals surface area contributed by atoms with Crippen molar-refractivity contribution in [2.75, 3.05) is 6.54 Å². The van der Waals surface area contributed by atoms with Crippen LogP contribution in [0.2, 0.25) is 0 Å². The van der Waals surface area contributed by atoms with E-state index < -0.39 is 5.56 Å². The minimum Gasteiger partial charge on any atom is -0.493 e. The van der Waals surface area contributed by atoms with Crippen LogP contribution in [0.15, 0.2) is 17.2 Å². The van der Waals surface area contributed by atoms with Crippen molar-refractivity contribution in [3.05, 3.63) is 28.3 Å². The van der Waals surface area contributed by atoms with Crippen molar-refractivity contribution in [3.8, 4) is 5.88 Å². The van der Waals surface area contributed by atoms with Crippen molar-refractivity contribution in [2.45, 2.75) is 6.92 Å². The fourth-order valence-electron chi connectivity index (χ4n) is 0.931. The Morgan fingerprint density at radius 1 is 1.73 bits per heavy atom. The van der Waals surface area contributed by atoms with Gasteiger partial charge in [0.05, 0.1) is 6.33 Å². The van der Waals surface area contributed by atoms with Crippen LogP contribution < -0.4 is 10.9 Å². The van der Waals surface area contributed by atoms with Crippen LogP contribution >= 0.6 is 0 Å². The third kappa shape index (κ3) is 3.26. The lowest BCUT2D eigenvalue weighted by molar-refractivity contribution is -0.118. The van der Waals surface area contributed by atoms with Crippen molar-refractivity contribution in [2.24, 2.45) is 0 Å². The van der Waals surface area contributed by atoms with E-state index in [-0.39, 0.29) is 17.4 Å². The summed E-state index contributed by atoms with van der Waals surface area (Å²) in [5, 5.41) is 11.7. The van der Waals surface area contributed by atoms with E-state index in [1.807, 2.05) is 0 Å². The van der Waals surface area contributed by atoms with Crippen LogP contribution in [-0.2, 0) is 4.79 Å². The van der Waals surface area contributed by atoms with Crippen LogP contribution in [0.5, 0.6) is 5.88 Å². The van der Waals surface area contributed by atoms with E-state index in [1.165, 1.54) is 13.0 Å². The van der Waals surface area contributed by atoms with E-state index in [2.05, 4.69) is 15.3 Å². The van der Waals surface area contributed by atoms with Gasteiger partial charge in [0, 0.05) is 13.5 Å². The summed E-state index contributed by atoms with van der Waals surface area (Å²) in [5.41, 5.74) is -0.357. The number of nitrogens with one attached hydrogen (secondary N) is 2. The zero-order valence-electron chi connectivity index (χ0n) is 8.15. The Labute approximate surface area is 85.7 Å². The third-order valence-electron chi connectivity index (χ3n) is 1.62. The van der Waals surface area contributed by atoms with Gasteiger partial charge in [-0.1, -0.05) is 6.08 Å². The molecule has 1 amide bonds. The molecule has 6 heteroatoms. The smallest absolute Gasteiger partial charge is 0.261 e. The van der Waals surface area contributed by atoms with Crippen LogP contribution in [0.4, 0.5) is 0 Å². The van der Waals surface area contributed by atoms with E-state index in [0.717, 1.165) is 6.33 Å². The molecule has 3 N–H and O–H groups in total. The van der Waals surface area contributed by atoms with Crippen LogP contribution in [0, 0.1) is 0 Å². The molecule has 6 nitrogen and oxygen atoms in total. The molecule has 0 radical (unpaired) electrons. The third-order valence-corrected chi connectivity index (χ3v) is 1.62. The fourth-order valence-corrected chi connectivity index (χ4v) is 0.931. The van der Waals surface area contributed by atoms with Gasteiger partial charge in [0.1, 0.15) is 5.56 Å². The highest BCUT2D eigenvalue weighted by Gasteiger charge is 2.01. The molecule has 0 aromatic carbocycles. The number of aromatic hydroxyl groups is 1. The van der Waals surface area contributed by atoms with Gasteiger partial charge in [0.2, 0.25) is 11.8 Å². The van der Waals surface area contributed by atoms with Gasteiger partial charge in [-0.25, -0.2) is 4.98 Å². The molecular weight excluding hydrogens is 198 g/mol. The quantitative estimate of drug-likeness (QED) is 0.632. The highest BCUT2D eigenvalue weighted by Crippen LogP contribution is 2.07. The van der Waals surface area contributed by atoms with Crippen molar-refractivity contribution in [1.29, 1.82) is 0 Å². The minimum atomic E-state index is -0.429. The van der Waals surface area contributed by atoms with Gasteiger partial charge in [0.15, 0.2) is 0 Å². The monoisotopic (exact) mass is 209 g/mol. The Bertz CT molecular complexity index is 436. The average Bonchev–Trinajstić information content (AvgIpc) is 2.15. The number of H-pyrrole nitrogens is 1. The van der Waals surface area contributed by atoms with Crippen molar-refractivity contribution >= 4 is 12.0 Å². The van der Waals surface area contributed by atoms with Gasteiger partial charge in [0.25, 0.3) is 5.56 Å². The number of hydrogen-bond acceptors (Lipinski definition) is 4. The second kappa shape index (κ2) is 4.94. The zero-order chi connectivity index (χ0) is 11.3. The minimum absolute atomic E-state index is 0.0721. The number of carbonyl (C=O) groups excluding carboxylic acids is 1. The molecule has 0 saturated carbocycles. The highest BCUT2D eigenvalue weighted by molar-refractivity contribution is 5.73. The lowest BCUT2D eigenvalue weighted by Gasteiger charge is -1.96. The maximum Gasteiger partial charge on any atom is 0.261 e. The first-order valence-electron chi connectivity index (χ1n) is 4.29. The van der Waals surface area contributed by atoms with Crippen LogP contribution in [0.3, 0.4) is 0 Å². The summed E-state index contributed by atoms with van der Waals surface area (Å²) in [4.78, 5) is 27.5. The van der Waals surface area contributed by atoms with Gasteiger partial charge in [-0.15, -0.1) is 0 Å². The summed E-state index contributed by atoms with van der Waals surface area (Å²) in [6.07, 6.45) is 4.06. The molecule has 1 heterocycles. The molecular formula is C9H11N3O3. The summed E-state index contributed by atoms with van der Waals surface area (Å²) >= 11 is 0. The molecule has 0 atom stereocenters. The summed E-state index contributed by atoms with van der Waals surface area (Å²) in [6, 6.07) is 0. The summed E-state index contributed by atoms with van der Waals surface area (Å²) in [7, 11) is 0. The number of aromatic amines is 1. The first-order valence-corrected chi connectivity index (χ1v) is 4.29. The molecule has 0 unspecified atom stereocenters. The molecule has 0 spiro atoms. The van der Waals surface area contributed by atoms with E-state index in [9.17, 15) is 14.7 Å². The first-order chi connectivity index (χ1) is 7.11. The Kier molecular flexibility index (Phi) is 3.61. The summed E-state index contributed by atoms with van der Waals surface area (Å²) < 4.78 is 0. The zero-order valence-corrected chi connectivity index (χ0v) is 8.15. The SMILES string of the molecule is CC(=O)NCC=Cc1c(O)nc[nH]c1=O. The number of hydrogen-bond donors (Lipinski definition) is 3. The molecule has 0 aliphatic carbocycles. The second-order valence-corrected chi connectivity index (χ2v) is 2.81. The standard InChI is InChI=1S/C9H11N3O3/c1-6(13)10-4-2-3-7-8(14)11-5-12-9(7)15/h2-3,5H,4H2,1H3,(H,10,13)(H2,11,12,14,15). The number of aromatic nitrogens is 2. The molecule has 15 heavy (non-hydrogen) atoms. The number of nitrogens with zero attached hydrogens (tertiary/aromatic N) is 1. The molecule has 0 aliphatic heterocycles. The number of amides is 1. The number of carbonyl (C=O) groups is 1. The maximum absolute atomic E-state index is 11.2. The molecule has 80 valence electrons. The largest absolute Gasteiger partial charge is 0.493 e. The van der Waals surface area contributed by atoms with Gasteiger partial charge in [-0.2, -0.15) is 0 Å². The Hall–Kier alpha value is -2.11. The molecule has 0 bridgehead atoms. The Morgan fingerprint density at radius 3 is 3.07 bits per heavy atom. The molecule has 0 aliphatic rings. The maximum atomic E-state index is 11.2. The molecule has 0 saturated heterocycles. The van der Waals surface area contributed by atoms with E-state index in [0.29, 0.717) is 6.54 Å².